The van der Waals surface area contributed by atoms with Gasteiger partial charge in [-0.15, -0.1) is 0 Å². The summed E-state index contributed by atoms with van der Waals surface area (Å²) < 4.78 is 4.74. The van der Waals surface area contributed by atoms with Crippen LogP contribution in [0.1, 0.15) is 35.7 Å². The Balaban J connectivity index is 2.62. The van der Waals surface area contributed by atoms with Crippen LogP contribution in [0.25, 0.3) is 6.08 Å². The monoisotopic (exact) mass is 276 g/mol. The highest BCUT2D eigenvalue weighted by atomic mass is 16.5. The van der Waals surface area contributed by atoms with Gasteiger partial charge in [0.15, 0.2) is 5.78 Å². The summed E-state index contributed by atoms with van der Waals surface area (Å²) in [6.07, 6.45) is 2.70. The highest BCUT2D eigenvalue weighted by molar-refractivity contribution is 5.97. The fourth-order valence-electron chi connectivity index (χ4n) is 1.50. The van der Waals surface area contributed by atoms with Gasteiger partial charge in [-0.2, -0.15) is 0 Å². The summed E-state index contributed by atoms with van der Waals surface area (Å²) in [6.45, 7) is 2.05. The molecule has 0 atom stereocenters. The molecule has 1 aromatic rings. The van der Waals surface area contributed by atoms with E-state index in [4.69, 9.17) is 9.84 Å². The van der Waals surface area contributed by atoms with Crippen molar-refractivity contribution in [2.24, 2.45) is 0 Å². The van der Waals surface area contributed by atoms with E-state index >= 15 is 0 Å². The summed E-state index contributed by atoms with van der Waals surface area (Å²) in [5.41, 5.74) is 1.22. The number of hydrogen-bond acceptors (Lipinski definition) is 4. The highest BCUT2D eigenvalue weighted by Gasteiger charge is 2.07. The van der Waals surface area contributed by atoms with Crippen molar-refractivity contribution in [1.29, 1.82) is 0 Å². The van der Waals surface area contributed by atoms with Gasteiger partial charge in [0.05, 0.1) is 13.0 Å². The van der Waals surface area contributed by atoms with Gasteiger partial charge in [0.25, 0.3) is 0 Å². The SMILES string of the molecule is CCOC(=O)C=Cc1ccc(C(=O)CCC(=O)O)cc1. The van der Waals surface area contributed by atoms with Gasteiger partial charge in [0, 0.05) is 18.1 Å². The molecule has 20 heavy (non-hydrogen) atoms. The Morgan fingerprint density at radius 3 is 2.35 bits per heavy atom. The Bertz CT molecular complexity index is 514. The molecule has 1 rings (SSSR count). The van der Waals surface area contributed by atoms with Gasteiger partial charge in [-0.05, 0) is 18.6 Å². The van der Waals surface area contributed by atoms with E-state index in [0.717, 1.165) is 5.56 Å². The maximum absolute atomic E-state index is 11.7. The number of hydrogen-bond donors (Lipinski definition) is 1. The van der Waals surface area contributed by atoms with Crippen LogP contribution in [0, 0.1) is 0 Å². The third-order valence-corrected chi connectivity index (χ3v) is 2.50. The number of ketones is 1. The quantitative estimate of drug-likeness (QED) is 0.469. The van der Waals surface area contributed by atoms with Crippen molar-refractivity contribution in [2.45, 2.75) is 19.8 Å². The van der Waals surface area contributed by atoms with Gasteiger partial charge in [-0.3, -0.25) is 9.59 Å². The number of benzene rings is 1. The Labute approximate surface area is 116 Å². The third kappa shape index (κ3) is 5.48. The van der Waals surface area contributed by atoms with E-state index in [1.54, 1.807) is 37.3 Å². The second-order valence-electron chi connectivity index (χ2n) is 4.02. The summed E-state index contributed by atoms with van der Waals surface area (Å²) in [4.78, 5) is 33.2. The van der Waals surface area contributed by atoms with E-state index in [9.17, 15) is 14.4 Å². The van der Waals surface area contributed by atoms with Crippen LogP contribution in [0.4, 0.5) is 0 Å². The number of carboxylic acid groups (broad SMARTS) is 1. The van der Waals surface area contributed by atoms with Crippen LogP contribution in [0.15, 0.2) is 30.3 Å². The molecule has 0 spiro atoms. The van der Waals surface area contributed by atoms with Crippen molar-refractivity contribution in [3.63, 3.8) is 0 Å². The predicted molar refractivity (Wildman–Crippen MR) is 73.3 cm³/mol. The molecule has 0 fully saturated rings. The van der Waals surface area contributed by atoms with E-state index in [1.807, 2.05) is 0 Å². The van der Waals surface area contributed by atoms with Crippen molar-refractivity contribution in [3.8, 4) is 0 Å². The number of ether oxygens (including phenoxy) is 1. The summed E-state index contributed by atoms with van der Waals surface area (Å²) in [5.74, 6) is -1.63. The molecule has 0 unspecified atom stereocenters. The van der Waals surface area contributed by atoms with Gasteiger partial charge in [0.2, 0.25) is 0 Å². The van der Waals surface area contributed by atoms with Crippen molar-refractivity contribution >= 4 is 23.8 Å². The molecule has 0 aliphatic carbocycles. The normalized spacial score (nSPS) is 10.4. The molecule has 1 N–H and O–H groups in total. The van der Waals surface area contributed by atoms with Gasteiger partial charge < -0.3 is 9.84 Å². The smallest absolute Gasteiger partial charge is 0.330 e. The van der Waals surface area contributed by atoms with Crippen molar-refractivity contribution in [3.05, 3.63) is 41.5 Å². The summed E-state index contributed by atoms with van der Waals surface area (Å²) in [7, 11) is 0. The first kappa shape index (κ1) is 15.6. The summed E-state index contributed by atoms with van der Waals surface area (Å²) in [5, 5.41) is 8.51. The third-order valence-electron chi connectivity index (χ3n) is 2.50. The lowest BCUT2D eigenvalue weighted by molar-refractivity contribution is -0.138. The molecule has 0 aliphatic rings. The largest absolute Gasteiger partial charge is 0.481 e. The van der Waals surface area contributed by atoms with E-state index in [2.05, 4.69) is 0 Å². The minimum absolute atomic E-state index is 0.0205. The summed E-state index contributed by atoms with van der Waals surface area (Å²) in [6, 6.07) is 6.58. The average Bonchev–Trinajstić information content (AvgIpc) is 2.43. The molecule has 0 amide bonds. The number of carbonyl (C=O) groups is 3. The molecule has 0 saturated heterocycles. The number of aliphatic carboxylic acids is 1. The van der Waals surface area contributed by atoms with Crippen LogP contribution >= 0.6 is 0 Å². The molecular formula is C15H16O5. The lowest BCUT2D eigenvalue weighted by Gasteiger charge is -2.00. The summed E-state index contributed by atoms with van der Waals surface area (Å²) >= 11 is 0. The second kappa shape index (κ2) is 7.89. The van der Waals surface area contributed by atoms with Gasteiger partial charge in [-0.25, -0.2) is 4.79 Å². The van der Waals surface area contributed by atoms with Crippen molar-refractivity contribution in [1.82, 2.24) is 0 Å². The van der Waals surface area contributed by atoms with Gasteiger partial charge in [-0.1, -0.05) is 24.3 Å². The first-order chi connectivity index (χ1) is 9.52. The zero-order valence-electron chi connectivity index (χ0n) is 11.2. The topological polar surface area (TPSA) is 80.7 Å². The molecule has 1 aromatic carbocycles. The number of carbonyl (C=O) groups excluding carboxylic acids is 2. The Kier molecular flexibility index (Phi) is 6.16. The Morgan fingerprint density at radius 2 is 1.80 bits per heavy atom. The van der Waals surface area contributed by atoms with E-state index < -0.39 is 11.9 Å². The zero-order valence-corrected chi connectivity index (χ0v) is 11.2. The van der Waals surface area contributed by atoms with E-state index in [1.165, 1.54) is 6.08 Å². The molecule has 0 heterocycles. The fourth-order valence-corrected chi connectivity index (χ4v) is 1.50. The molecule has 0 bridgehead atoms. The zero-order chi connectivity index (χ0) is 15.0. The molecule has 0 aromatic heterocycles. The number of esters is 1. The molecule has 5 heteroatoms. The van der Waals surface area contributed by atoms with E-state index in [0.29, 0.717) is 12.2 Å². The fraction of sp³-hybridized carbons (Fsp3) is 0.267. The van der Waals surface area contributed by atoms with Crippen LogP contribution in [-0.2, 0) is 14.3 Å². The van der Waals surface area contributed by atoms with Crippen LogP contribution in [0.2, 0.25) is 0 Å². The predicted octanol–water partition coefficient (Wildman–Crippen LogP) is 2.31. The molecule has 0 saturated carbocycles. The van der Waals surface area contributed by atoms with Crippen LogP contribution in [0.5, 0.6) is 0 Å². The number of Topliss-reactive ketones (excluding diaryl/α,β-unsaturated/α-hetero) is 1. The standard InChI is InChI=1S/C15H16O5/c1-2-20-15(19)10-5-11-3-6-12(7-4-11)13(16)8-9-14(17)18/h3-7,10H,2,8-9H2,1H3,(H,17,18). The first-order valence-corrected chi connectivity index (χ1v) is 6.23. The lowest BCUT2D eigenvalue weighted by atomic mass is 10.0. The van der Waals surface area contributed by atoms with Crippen LogP contribution < -0.4 is 0 Å². The maximum atomic E-state index is 11.7. The van der Waals surface area contributed by atoms with Gasteiger partial charge in [0.1, 0.15) is 0 Å². The number of carboxylic acids is 1. The molecule has 0 radical (unpaired) electrons. The maximum Gasteiger partial charge on any atom is 0.330 e. The Morgan fingerprint density at radius 1 is 1.15 bits per heavy atom. The first-order valence-electron chi connectivity index (χ1n) is 6.23. The minimum atomic E-state index is -0.993. The molecule has 0 aliphatic heterocycles. The number of rotatable bonds is 7. The highest BCUT2D eigenvalue weighted by Crippen LogP contribution is 2.09. The van der Waals surface area contributed by atoms with Crippen molar-refractivity contribution < 1.29 is 24.2 Å². The van der Waals surface area contributed by atoms with Gasteiger partial charge >= 0.3 is 11.9 Å². The molecule has 5 nitrogen and oxygen atoms in total. The van der Waals surface area contributed by atoms with Crippen molar-refractivity contribution in [2.75, 3.05) is 6.61 Å². The Hall–Kier alpha value is -2.43. The second-order valence-corrected chi connectivity index (χ2v) is 4.02. The minimum Gasteiger partial charge on any atom is -0.481 e. The van der Waals surface area contributed by atoms with Crippen LogP contribution in [0.3, 0.4) is 0 Å². The molecular weight excluding hydrogens is 260 g/mol. The van der Waals surface area contributed by atoms with Crippen LogP contribution in [-0.4, -0.2) is 29.4 Å². The van der Waals surface area contributed by atoms with E-state index in [-0.39, 0.29) is 18.6 Å². The molecule has 106 valence electrons. The lowest BCUT2D eigenvalue weighted by Crippen LogP contribution is -2.03. The average molecular weight is 276 g/mol.